The number of rotatable bonds is 8. The molecule has 0 aliphatic heterocycles. The molecule has 0 fully saturated rings. The van der Waals surface area contributed by atoms with Gasteiger partial charge in [0.25, 0.3) is 0 Å². The molecule has 0 amide bonds. The van der Waals surface area contributed by atoms with Crippen molar-refractivity contribution in [1.29, 1.82) is 0 Å². The lowest BCUT2D eigenvalue weighted by atomic mass is 10.1. The molecule has 0 heterocycles. The zero-order valence-electron chi connectivity index (χ0n) is 11.7. The van der Waals surface area contributed by atoms with Crippen molar-refractivity contribution >= 4 is 11.8 Å². The summed E-state index contributed by atoms with van der Waals surface area (Å²) in [6.07, 6.45) is 0. The molecule has 0 spiro atoms. The number of para-hydroxylation sites is 1. The van der Waals surface area contributed by atoms with E-state index in [1.165, 1.54) is 0 Å². The fraction of sp³-hybridized carbons (Fsp3) is 0.571. The van der Waals surface area contributed by atoms with Crippen LogP contribution in [0.3, 0.4) is 0 Å². The van der Waals surface area contributed by atoms with Crippen LogP contribution in [0.15, 0.2) is 18.2 Å². The highest BCUT2D eigenvalue weighted by Crippen LogP contribution is 2.30. The van der Waals surface area contributed by atoms with Crippen molar-refractivity contribution in [1.82, 2.24) is 5.32 Å². The number of hydrogen-bond acceptors (Lipinski definition) is 4. The number of ether oxygens (including phenoxy) is 2. The maximum absolute atomic E-state index is 5.41. The maximum Gasteiger partial charge on any atom is 0.165 e. The average molecular weight is 269 g/mol. The first-order chi connectivity index (χ1) is 8.72. The largest absolute Gasteiger partial charge is 0.493 e. The molecule has 0 aliphatic carbocycles. The number of nitrogens with one attached hydrogen (secondary N) is 1. The Labute approximate surface area is 114 Å². The van der Waals surface area contributed by atoms with Crippen molar-refractivity contribution in [2.75, 3.05) is 25.7 Å². The molecule has 0 radical (unpaired) electrons. The van der Waals surface area contributed by atoms with Gasteiger partial charge < -0.3 is 14.8 Å². The van der Waals surface area contributed by atoms with E-state index in [-0.39, 0.29) is 0 Å². The van der Waals surface area contributed by atoms with Gasteiger partial charge in [-0.2, -0.15) is 11.8 Å². The molecule has 18 heavy (non-hydrogen) atoms. The molecule has 0 bridgehead atoms. The fourth-order valence-electron chi connectivity index (χ4n) is 1.73. The van der Waals surface area contributed by atoms with Crippen LogP contribution in [0.2, 0.25) is 0 Å². The first kappa shape index (κ1) is 15.2. The predicted octanol–water partition coefficient (Wildman–Crippen LogP) is 2.94. The molecule has 1 N–H and O–H groups in total. The molecule has 1 unspecified atom stereocenters. The Kier molecular flexibility index (Phi) is 6.98. The fourth-order valence-corrected chi connectivity index (χ4v) is 2.44. The molecule has 1 aromatic carbocycles. The summed E-state index contributed by atoms with van der Waals surface area (Å²) in [4.78, 5) is 0. The lowest BCUT2D eigenvalue weighted by Crippen LogP contribution is -2.27. The van der Waals surface area contributed by atoms with E-state index in [1.54, 1.807) is 14.2 Å². The van der Waals surface area contributed by atoms with E-state index in [0.29, 0.717) is 6.04 Å². The number of hydrogen-bond donors (Lipinski definition) is 1. The van der Waals surface area contributed by atoms with Crippen LogP contribution in [0, 0.1) is 0 Å². The first-order valence-electron chi connectivity index (χ1n) is 6.23. The Bertz CT molecular complexity index is 358. The summed E-state index contributed by atoms with van der Waals surface area (Å²) in [5.74, 6) is 3.90. The van der Waals surface area contributed by atoms with Gasteiger partial charge in [0, 0.05) is 23.9 Å². The minimum Gasteiger partial charge on any atom is -0.493 e. The molecular formula is C14H23NO2S. The number of benzene rings is 1. The van der Waals surface area contributed by atoms with Gasteiger partial charge in [0.2, 0.25) is 0 Å². The second kappa shape index (κ2) is 8.27. The third kappa shape index (κ3) is 4.42. The van der Waals surface area contributed by atoms with Crippen molar-refractivity contribution in [2.24, 2.45) is 0 Å². The summed E-state index contributed by atoms with van der Waals surface area (Å²) in [7, 11) is 3.34. The Balaban J connectivity index is 2.61. The summed E-state index contributed by atoms with van der Waals surface area (Å²) in [5.41, 5.74) is 1.13. The van der Waals surface area contributed by atoms with Crippen LogP contribution >= 0.6 is 11.8 Å². The zero-order chi connectivity index (χ0) is 13.4. The van der Waals surface area contributed by atoms with E-state index in [4.69, 9.17) is 9.47 Å². The van der Waals surface area contributed by atoms with Gasteiger partial charge in [-0.3, -0.25) is 0 Å². The summed E-state index contributed by atoms with van der Waals surface area (Å²) in [6, 6.07) is 6.46. The van der Waals surface area contributed by atoms with Crippen LogP contribution in [0.1, 0.15) is 19.4 Å². The van der Waals surface area contributed by atoms with Gasteiger partial charge in [-0.05, 0) is 18.7 Å². The number of thioether (sulfide) groups is 1. The minimum atomic E-state index is 0.492. The van der Waals surface area contributed by atoms with Crippen LogP contribution in [0.25, 0.3) is 0 Å². The predicted molar refractivity (Wildman–Crippen MR) is 78.8 cm³/mol. The van der Waals surface area contributed by atoms with Crippen molar-refractivity contribution < 1.29 is 9.47 Å². The van der Waals surface area contributed by atoms with Crippen LogP contribution in [0.5, 0.6) is 11.5 Å². The number of methoxy groups -OCH3 is 2. The van der Waals surface area contributed by atoms with E-state index >= 15 is 0 Å². The normalized spacial score (nSPS) is 12.2. The first-order valence-corrected chi connectivity index (χ1v) is 7.39. The molecule has 1 rings (SSSR count). The summed E-state index contributed by atoms with van der Waals surface area (Å²) in [5, 5.41) is 3.50. The second-order valence-electron chi connectivity index (χ2n) is 4.09. The molecule has 102 valence electrons. The molecule has 0 aromatic heterocycles. The Hall–Kier alpha value is -0.870. The van der Waals surface area contributed by atoms with Crippen molar-refractivity contribution in [2.45, 2.75) is 26.4 Å². The SMILES string of the molecule is CCSCC(C)NCc1cccc(OC)c1OC. The molecule has 1 aromatic rings. The van der Waals surface area contributed by atoms with Gasteiger partial charge in [-0.1, -0.05) is 19.1 Å². The van der Waals surface area contributed by atoms with Gasteiger partial charge in [0.1, 0.15) is 0 Å². The van der Waals surface area contributed by atoms with Gasteiger partial charge >= 0.3 is 0 Å². The van der Waals surface area contributed by atoms with Crippen molar-refractivity contribution in [3.63, 3.8) is 0 Å². The highest BCUT2D eigenvalue weighted by Gasteiger charge is 2.10. The quantitative estimate of drug-likeness (QED) is 0.786. The molecule has 0 aliphatic rings. The van der Waals surface area contributed by atoms with Gasteiger partial charge in [-0.25, -0.2) is 0 Å². The monoisotopic (exact) mass is 269 g/mol. The minimum absolute atomic E-state index is 0.492. The zero-order valence-corrected chi connectivity index (χ0v) is 12.5. The molecule has 3 nitrogen and oxygen atoms in total. The van der Waals surface area contributed by atoms with E-state index in [2.05, 4.69) is 25.2 Å². The van der Waals surface area contributed by atoms with Crippen molar-refractivity contribution in [3.8, 4) is 11.5 Å². The van der Waals surface area contributed by atoms with Crippen LogP contribution in [0.4, 0.5) is 0 Å². The molecule has 0 saturated heterocycles. The van der Waals surface area contributed by atoms with E-state index in [9.17, 15) is 0 Å². The maximum atomic E-state index is 5.41. The van der Waals surface area contributed by atoms with E-state index < -0.39 is 0 Å². The van der Waals surface area contributed by atoms with Crippen LogP contribution in [-0.2, 0) is 6.54 Å². The van der Waals surface area contributed by atoms with E-state index in [1.807, 2.05) is 23.9 Å². The lowest BCUT2D eigenvalue weighted by molar-refractivity contribution is 0.350. The molecule has 0 saturated carbocycles. The van der Waals surface area contributed by atoms with E-state index in [0.717, 1.165) is 35.1 Å². The average Bonchev–Trinajstić information content (AvgIpc) is 2.41. The smallest absolute Gasteiger partial charge is 0.165 e. The van der Waals surface area contributed by atoms with Gasteiger partial charge in [0.15, 0.2) is 11.5 Å². The van der Waals surface area contributed by atoms with Crippen LogP contribution < -0.4 is 14.8 Å². The third-order valence-electron chi connectivity index (χ3n) is 2.70. The Morgan fingerprint density at radius 2 is 2.06 bits per heavy atom. The van der Waals surface area contributed by atoms with Gasteiger partial charge in [-0.15, -0.1) is 0 Å². The van der Waals surface area contributed by atoms with Gasteiger partial charge in [0.05, 0.1) is 14.2 Å². The summed E-state index contributed by atoms with van der Waals surface area (Å²) < 4.78 is 10.7. The highest BCUT2D eigenvalue weighted by atomic mass is 32.2. The summed E-state index contributed by atoms with van der Waals surface area (Å²) >= 11 is 1.95. The molecule has 1 atom stereocenters. The summed E-state index contributed by atoms with van der Waals surface area (Å²) in [6.45, 7) is 5.18. The second-order valence-corrected chi connectivity index (χ2v) is 5.41. The van der Waals surface area contributed by atoms with Crippen molar-refractivity contribution in [3.05, 3.63) is 23.8 Å². The standard InChI is InChI=1S/C14H23NO2S/c1-5-18-10-11(2)15-9-12-7-6-8-13(16-3)14(12)17-4/h6-8,11,15H,5,9-10H2,1-4H3. The topological polar surface area (TPSA) is 30.5 Å². The highest BCUT2D eigenvalue weighted by molar-refractivity contribution is 7.99. The Morgan fingerprint density at radius 1 is 1.28 bits per heavy atom. The Morgan fingerprint density at radius 3 is 2.67 bits per heavy atom. The molecular weight excluding hydrogens is 246 g/mol. The third-order valence-corrected chi connectivity index (χ3v) is 3.84. The molecule has 4 heteroatoms. The van der Waals surface area contributed by atoms with Crippen LogP contribution in [-0.4, -0.2) is 31.8 Å². The lowest BCUT2D eigenvalue weighted by Gasteiger charge is -2.16.